The van der Waals surface area contributed by atoms with E-state index in [1.54, 1.807) is 32.0 Å². The van der Waals surface area contributed by atoms with E-state index in [9.17, 15) is 9.90 Å². The lowest BCUT2D eigenvalue weighted by atomic mass is 10.1. The minimum atomic E-state index is -0.927. The molecular weight excluding hydrogens is 234 g/mol. The van der Waals surface area contributed by atoms with Gasteiger partial charge < -0.3 is 19.9 Å². The summed E-state index contributed by atoms with van der Waals surface area (Å²) in [4.78, 5) is 11.9. The van der Waals surface area contributed by atoms with E-state index < -0.39 is 5.60 Å². The molecule has 98 valence electrons. The first-order chi connectivity index (χ1) is 8.46. The van der Waals surface area contributed by atoms with Gasteiger partial charge in [0.15, 0.2) is 11.5 Å². The Morgan fingerprint density at radius 3 is 2.67 bits per heavy atom. The molecule has 1 aromatic rings. The van der Waals surface area contributed by atoms with Crippen LogP contribution in [0.25, 0.3) is 0 Å². The zero-order valence-electron chi connectivity index (χ0n) is 10.5. The second-order valence-corrected chi connectivity index (χ2v) is 4.85. The molecule has 0 saturated carbocycles. The lowest BCUT2D eigenvalue weighted by Gasteiger charge is -2.20. The van der Waals surface area contributed by atoms with Crippen molar-refractivity contribution in [1.29, 1.82) is 0 Å². The third kappa shape index (κ3) is 3.13. The molecule has 2 rings (SSSR count). The van der Waals surface area contributed by atoms with Crippen molar-refractivity contribution in [1.82, 2.24) is 5.32 Å². The second kappa shape index (κ2) is 4.86. The normalized spacial score (nSPS) is 14.2. The number of fused-ring (bicyclic) bond motifs is 1. The predicted octanol–water partition coefficient (Wildman–Crippen LogP) is 0.959. The van der Waals surface area contributed by atoms with Crippen LogP contribution in [0.15, 0.2) is 18.2 Å². The van der Waals surface area contributed by atoms with E-state index in [2.05, 4.69) is 5.32 Å². The SMILES string of the molecule is CC(C)(O)CNC(=O)c1ccc2c(c1)OCCO2. The van der Waals surface area contributed by atoms with Crippen LogP contribution < -0.4 is 14.8 Å². The van der Waals surface area contributed by atoms with Gasteiger partial charge in [0.1, 0.15) is 13.2 Å². The summed E-state index contributed by atoms with van der Waals surface area (Å²) in [7, 11) is 0. The molecule has 0 aliphatic carbocycles. The van der Waals surface area contributed by atoms with Crippen LogP contribution in [-0.4, -0.2) is 36.4 Å². The molecule has 5 nitrogen and oxygen atoms in total. The molecule has 0 spiro atoms. The van der Waals surface area contributed by atoms with E-state index in [1.165, 1.54) is 0 Å². The van der Waals surface area contributed by atoms with Crippen molar-refractivity contribution >= 4 is 5.91 Å². The zero-order chi connectivity index (χ0) is 13.2. The standard InChI is InChI=1S/C13H17NO4/c1-13(2,16)8-14-12(15)9-3-4-10-11(7-9)18-6-5-17-10/h3-4,7,16H,5-6,8H2,1-2H3,(H,14,15). The molecule has 1 amide bonds. The average molecular weight is 251 g/mol. The maximum absolute atomic E-state index is 11.9. The Morgan fingerprint density at radius 2 is 2.00 bits per heavy atom. The van der Waals surface area contributed by atoms with Crippen LogP contribution >= 0.6 is 0 Å². The number of carbonyl (C=O) groups is 1. The first-order valence-electron chi connectivity index (χ1n) is 5.86. The van der Waals surface area contributed by atoms with Gasteiger partial charge in [0.2, 0.25) is 0 Å². The highest BCUT2D eigenvalue weighted by Crippen LogP contribution is 2.30. The van der Waals surface area contributed by atoms with E-state index in [4.69, 9.17) is 9.47 Å². The van der Waals surface area contributed by atoms with Crippen molar-refractivity contribution in [2.45, 2.75) is 19.4 Å². The molecule has 5 heteroatoms. The molecule has 1 aromatic carbocycles. The largest absolute Gasteiger partial charge is 0.486 e. The fraction of sp³-hybridized carbons (Fsp3) is 0.462. The summed E-state index contributed by atoms with van der Waals surface area (Å²) < 4.78 is 10.8. The third-order valence-electron chi connectivity index (χ3n) is 2.49. The maximum Gasteiger partial charge on any atom is 0.251 e. The molecule has 0 unspecified atom stereocenters. The molecule has 1 aliphatic rings. The minimum absolute atomic E-state index is 0.195. The third-order valence-corrected chi connectivity index (χ3v) is 2.49. The molecule has 0 aromatic heterocycles. The molecule has 1 aliphatic heterocycles. The first-order valence-corrected chi connectivity index (χ1v) is 5.86. The van der Waals surface area contributed by atoms with Gasteiger partial charge in [-0.05, 0) is 32.0 Å². The summed E-state index contributed by atoms with van der Waals surface area (Å²) in [6.45, 7) is 4.48. The van der Waals surface area contributed by atoms with Gasteiger partial charge in [0.05, 0.1) is 5.60 Å². The molecule has 0 atom stereocenters. The fourth-order valence-electron chi connectivity index (χ4n) is 1.58. The van der Waals surface area contributed by atoms with Gasteiger partial charge in [-0.25, -0.2) is 0 Å². The molecular formula is C13H17NO4. The Hall–Kier alpha value is -1.75. The van der Waals surface area contributed by atoms with Crippen molar-refractivity contribution in [2.75, 3.05) is 19.8 Å². The molecule has 0 fully saturated rings. The number of hydrogen-bond donors (Lipinski definition) is 2. The molecule has 18 heavy (non-hydrogen) atoms. The van der Waals surface area contributed by atoms with Gasteiger partial charge in [0.25, 0.3) is 5.91 Å². The Balaban J connectivity index is 2.07. The van der Waals surface area contributed by atoms with Crippen molar-refractivity contribution in [3.63, 3.8) is 0 Å². The summed E-state index contributed by atoms with van der Waals surface area (Å²) >= 11 is 0. The Labute approximate surface area is 106 Å². The molecule has 0 saturated heterocycles. The topological polar surface area (TPSA) is 67.8 Å². The predicted molar refractivity (Wildman–Crippen MR) is 66.1 cm³/mol. The highest BCUT2D eigenvalue weighted by atomic mass is 16.6. The number of aliphatic hydroxyl groups is 1. The van der Waals surface area contributed by atoms with E-state index in [1.807, 2.05) is 0 Å². The summed E-state index contributed by atoms with van der Waals surface area (Å²) in [5.41, 5.74) is -0.438. The van der Waals surface area contributed by atoms with Crippen molar-refractivity contribution in [3.8, 4) is 11.5 Å². The van der Waals surface area contributed by atoms with Crippen LogP contribution in [0.5, 0.6) is 11.5 Å². The molecule has 0 radical (unpaired) electrons. The number of rotatable bonds is 3. The van der Waals surface area contributed by atoms with Crippen LogP contribution in [0.2, 0.25) is 0 Å². The quantitative estimate of drug-likeness (QED) is 0.839. The summed E-state index contributed by atoms with van der Waals surface area (Å²) in [6.07, 6.45) is 0. The highest BCUT2D eigenvalue weighted by molar-refractivity contribution is 5.94. The van der Waals surface area contributed by atoms with Gasteiger partial charge in [-0.2, -0.15) is 0 Å². The van der Waals surface area contributed by atoms with Crippen LogP contribution in [0.3, 0.4) is 0 Å². The van der Waals surface area contributed by atoms with Crippen LogP contribution in [-0.2, 0) is 0 Å². The number of ether oxygens (including phenoxy) is 2. The van der Waals surface area contributed by atoms with Crippen LogP contribution in [0.1, 0.15) is 24.2 Å². The van der Waals surface area contributed by atoms with Gasteiger partial charge in [-0.3, -0.25) is 4.79 Å². The maximum atomic E-state index is 11.9. The lowest BCUT2D eigenvalue weighted by Crippen LogP contribution is -2.38. The van der Waals surface area contributed by atoms with Gasteiger partial charge >= 0.3 is 0 Å². The monoisotopic (exact) mass is 251 g/mol. The number of hydrogen-bond acceptors (Lipinski definition) is 4. The molecule has 0 bridgehead atoms. The van der Waals surface area contributed by atoms with Gasteiger partial charge in [0, 0.05) is 12.1 Å². The summed E-state index contributed by atoms with van der Waals surface area (Å²) in [5, 5.41) is 12.2. The number of amides is 1. The summed E-state index contributed by atoms with van der Waals surface area (Å²) in [5.74, 6) is 0.992. The minimum Gasteiger partial charge on any atom is -0.486 e. The fourth-order valence-corrected chi connectivity index (χ4v) is 1.58. The molecule has 2 N–H and O–H groups in total. The highest BCUT2D eigenvalue weighted by Gasteiger charge is 2.17. The van der Waals surface area contributed by atoms with E-state index in [0.29, 0.717) is 30.3 Å². The van der Waals surface area contributed by atoms with E-state index in [-0.39, 0.29) is 12.5 Å². The smallest absolute Gasteiger partial charge is 0.251 e. The number of nitrogens with one attached hydrogen (secondary N) is 1. The Bertz CT molecular complexity index is 451. The summed E-state index contributed by atoms with van der Waals surface area (Å²) in [6, 6.07) is 5.04. The molecule has 1 heterocycles. The lowest BCUT2D eigenvalue weighted by molar-refractivity contribution is 0.0694. The van der Waals surface area contributed by atoms with E-state index in [0.717, 1.165) is 0 Å². The second-order valence-electron chi connectivity index (χ2n) is 4.85. The number of benzene rings is 1. The van der Waals surface area contributed by atoms with Crippen LogP contribution in [0.4, 0.5) is 0 Å². The first kappa shape index (κ1) is 12.7. The zero-order valence-corrected chi connectivity index (χ0v) is 10.5. The van der Waals surface area contributed by atoms with Gasteiger partial charge in [-0.15, -0.1) is 0 Å². The average Bonchev–Trinajstić information content (AvgIpc) is 2.34. The van der Waals surface area contributed by atoms with Crippen molar-refractivity contribution in [3.05, 3.63) is 23.8 Å². The van der Waals surface area contributed by atoms with Gasteiger partial charge in [-0.1, -0.05) is 0 Å². The van der Waals surface area contributed by atoms with Crippen molar-refractivity contribution < 1.29 is 19.4 Å². The Morgan fingerprint density at radius 1 is 1.33 bits per heavy atom. The number of carbonyl (C=O) groups excluding carboxylic acids is 1. The van der Waals surface area contributed by atoms with E-state index >= 15 is 0 Å². The van der Waals surface area contributed by atoms with Crippen molar-refractivity contribution in [2.24, 2.45) is 0 Å². The Kier molecular flexibility index (Phi) is 3.43. The van der Waals surface area contributed by atoms with Crippen LogP contribution in [0, 0.1) is 0 Å².